The first-order valence-corrected chi connectivity index (χ1v) is 42.2. The molecule has 15 rings (SSSR count). The summed E-state index contributed by atoms with van der Waals surface area (Å²) in [5.41, 5.74) is 29.7. The molecule has 0 radical (unpaired) electrons. The van der Waals surface area contributed by atoms with Crippen molar-refractivity contribution in [2.75, 3.05) is 63.6 Å². The topological polar surface area (TPSA) is 331 Å². The van der Waals surface area contributed by atoms with Crippen LogP contribution in [-0.2, 0) is 11.2 Å². The number of hydrogen-bond acceptors (Lipinski definition) is 18. The van der Waals surface area contributed by atoms with Gasteiger partial charge in [0.2, 0.25) is 5.82 Å². The van der Waals surface area contributed by atoms with Gasteiger partial charge in [0.25, 0.3) is 16.6 Å². The van der Waals surface area contributed by atoms with Crippen LogP contribution in [0.1, 0.15) is 46.0 Å². The molecular formula is C93H85Br6ClF2KN11O10. The van der Waals surface area contributed by atoms with Crippen LogP contribution in [0.15, 0.2) is 379 Å². The Morgan fingerprint density at radius 3 is 0.919 bits per heavy atom. The van der Waals surface area contributed by atoms with Crippen molar-refractivity contribution >= 4 is 209 Å². The zero-order chi connectivity index (χ0) is 88.4. The van der Waals surface area contributed by atoms with E-state index in [4.69, 9.17) is 38.6 Å². The van der Waals surface area contributed by atoms with Crippen LogP contribution in [0.2, 0.25) is 0 Å². The monoisotopic (exact) mass is 2100 g/mol. The zero-order valence-electron chi connectivity index (χ0n) is 66.8. The van der Waals surface area contributed by atoms with Gasteiger partial charge in [-0.25, -0.2) is 0 Å². The van der Waals surface area contributed by atoms with E-state index in [2.05, 4.69) is 122 Å². The summed E-state index contributed by atoms with van der Waals surface area (Å²) in [5, 5.41) is 54.7. The number of benzene rings is 14. The third kappa shape index (κ3) is 41.9. The number of Topliss-reactive ketones (excluding diaryl/α,β-unsaturated/α-hetero) is 1. The first kappa shape index (κ1) is 106. The summed E-state index contributed by atoms with van der Waals surface area (Å²) in [6.07, 6.45) is 2.93. The van der Waals surface area contributed by atoms with E-state index >= 15 is 0 Å². The smallest absolute Gasteiger partial charge is 1.00 e. The van der Waals surface area contributed by atoms with Crippen LogP contribution in [0, 0.1) is 36.2 Å². The number of nitrogens with two attached hydrogens (primary N) is 3. The maximum atomic E-state index is 12.4. The summed E-state index contributed by atoms with van der Waals surface area (Å²) >= 11 is 25.3. The molecule has 0 spiro atoms. The van der Waals surface area contributed by atoms with E-state index < -0.39 is 31.5 Å². The summed E-state index contributed by atoms with van der Waals surface area (Å²) in [5.74, 6) is -0.678. The molecule has 12 N–H and O–H groups in total. The van der Waals surface area contributed by atoms with E-state index in [9.17, 15) is 44.3 Å². The number of carbonyl (C=O) groups excluding carboxylic acids is 2. The minimum absolute atomic E-state index is 0. The number of halogens is 9. The number of nitrogens with zero attached hydrogens (tertiary/aromatic N) is 3. The zero-order valence-corrected chi connectivity index (χ0v) is 80.2. The van der Waals surface area contributed by atoms with Crippen molar-refractivity contribution in [2.45, 2.75) is 26.2 Å². The molecule has 1 aliphatic heterocycles. The number of carbonyl (C=O) groups is 2. The summed E-state index contributed by atoms with van der Waals surface area (Å²) in [7, 11) is 0. The molecular weight excluding hydrogens is 2020 g/mol. The Hall–Kier alpha value is -10.4. The number of aliphatic hydroxyl groups excluding tert-OH is 1. The second-order valence-corrected chi connectivity index (χ2v) is 30.9. The maximum absolute atomic E-state index is 12.4. The van der Waals surface area contributed by atoms with Crippen molar-refractivity contribution in [1.82, 2.24) is 0 Å². The van der Waals surface area contributed by atoms with Gasteiger partial charge in [-0.1, -0.05) is 235 Å². The Bertz CT molecular complexity index is 5300. The summed E-state index contributed by atoms with van der Waals surface area (Å²) in [4.78, 5) is 52.9. The molecule has 0 saturated carbocycles. The number of nitro groups is 3. The normalized spacial score (nSPS) is 10.1. The fraction of sp³-hybridized carbons (Fsp3) is 0.0753. The summed E-state index contributed by atoms with van der Waals surface area (Å²) in [6, 6.07) is 106. The molecule has 1 heterocycles. The van der Waals surface area contributed by atoms with Crippen molar-refractivity contribution in [3.8, 4) is 0 Å². The summed E-state index contributed by atoms with van der Waals surface area (Å²) < 4.78 is 23.5. The van der Waals surface area contributed by atoms with E-state index in [1.807, 2.05) is 255 Å². The number of aliphatic hydroxyl groups is 1. The Kier molecular flexibility index (Phi) is 51.5. The van der Waals surface area contributed by atoms with E-state index in [0.29, 0.717) is 23.4 Å². The van der Waals surface area contributed by atoms with E-state index in [1.165, 1.54) is 37.1 Å². The fourth-order valence-electron chi connectivity index (χ4n) is 9.98. The van der Waals surface area contributed by atoms with Crippen molar-refractivity contribution in [1.29, 1.82) is 0 Å². The number of para-hydroxylation sites is 10. The van der Waals surface area contributed by atoms with Gasteiger partial charge in [-0.3, -0.25) is 39.9 Å². The summed E-state index contributed by atoms with van der Waals surface area (Å²) in [6.45, 7) is 3.93. The van der Waals surface area contributed by atoms with E-state index in [1.54, 1.807) is 67.6 Å². The van der Waals surface area contributed by atoms with Gasteiger partial charge < -0.3 is 58.3 Å². The molecule has 0 atom stereocenters. The third-order valence-corrected chi connectivity index (χ3v) is 19.3. The van der Waals surface area contributed by atoms with Gasteiger partial charge in [0.05, 0.1) is 37.5 Å². The van der Waals surface area contributed by atoms with E-state index in [0.717, 1.165) is 126 Å². The molecule has 124 heavy (non-hydrogen) atoms. The van der Waals surface area contributed by atoms with Crippen molar-refractivity contribution in [3.63, 3.8) is 0 Å². The molecule has 14 aromatic rings. The molecule has 14 aromatic carbocycles. The Morgan fingerprint density at radius 1 is 0.379 bits per heavy atom. The van der Waals surface area contributed by atoms with Gasteiger partial charge in [0, 0.05) is 122 Å². The van der Waals surface area contributed by atoms with E-state index in [-0.39, 0.29) is 79.9 Å². The van der Waals surface area contributed by atoms with Crippen LogP contribution in [0.25, 0.3) is 0 Å². The number of nitrogen functional groups attached to an aromatic ring is 3. The third-order valence-electron chi connectivity index (χ3n) is 16.0. The number of anilines is 13. The second kappa shape index (κ2) is 60.2. The van der Waals surface area contributed by atoms with Crippen LogP contribution >= 0.6 is 107 Å². The van der Waals surface area contributed by atoms with Gasteiger partial charge in [-0.05, 0) is 231 Å². The average Bonchev–Trinajstić information content (AvgIpc) is 0.861. The molecule has 0 aliphatic carbocycles. The molecule has 1 aliphatic rings. The number of nitrogens with one attached hydrogen (secondary N) is 5. The molecule has 1 fully saturated rings. The Labute approximate surface area is 816 Å². The predicted molar refractivity (Wildman–Crippen MR) is 517 cm³/mol. The minimum atomic E-state index is -0.799. The number of rotatable bonds is 17. The second-order valence-electron chi connectivity index (χ2n) is 25.0. The first-order chi connectivity index (χ1) is 58.8. The van der Waals surface area contributed by atoms with Crippen molar-refractivity contribution < 1.29 is 94.7 Å². The standard InChI is InChI=1S/C20H16BrNO.2C12H9BrN2O2.2C12H11BrN2.C7H5ClO.C6H6BrN.C6H4FNO2.C4H8O.C2H6O.FH.K/c21-17-10-12-18(13-11-17)22-19-9-5-4-8-16(19)14-20(23)15-6-2-1-3-7-15;2*13-9-5-7-10(8-6-9)14-11-3-1-2-4-12(11)15(16)17;2*13-9-5-7-10(8-6-9)15-12-4-2-1-3-11(12)14;8-7(9)6-4-2-1-3-5-6;7-5-1-3-6(8)4-2-5;7-5-3-1-2-4-6(5)8(9)10;1-2-4-5-3-1;1-2-3;;/h1-13,22H,14H2;2*1-8,14H;2*1-8,15H,14H2;1-5H;1-4H,8H2;1-4H;1-4H2;3H,2H2,1H3;1H;/q;;;;;;;;;;;+1/p-1. The first-order valence-electron chi connectivity index (χ1n) is 37.1. The molecule has 0 amide bonds. The van der Waals surface area contributed by atoms with Gasteiger partial charge in [0.1, 0.15) is 11.4 Å². The maximum Gasteiger partial charge on any atom is 1.00 e. The number of hydrogen-bond donors (Lipinski definition) is 9. The van der Waals surface area contributed by atoms with Crippen molar-refractivity contribution in [2.24, 2.45) is 0 Å². The van der Waals surface area contributed by atoms with Crippen LogP contribution in [0.4, 0.5) is 95.4 Å². The van der Waals surface area contributed by atoms with Crippen LogP contribution in [0.5, 0.6) is 0 Å². The minimum Gasteiger partial charge on any atom is -1.00 e. The molecule has 1 saturated heterocycles. The number of ether oxygens (including phenoxy) is 1. The van der Waals surface area contributed by atoms with Crippen LogP contribution in [0.3, 0.4) is 0 Å². The molecule has 0 bridgehead atoms. The fourth-order valence-corrected chi connectivity index (χ4v) is 11.7. The van der Waals surface area contributed by atoms with Gasteiger partial charge in [-0.15, -0.1) is 0 Å². The quantitative estimate of drug-likeness (QED) is 0.0102. The van der Waals surface area contributed by atoms with Gasteiger partial charge in [-0.2, -0.15) is 4.39 Å². The molecule has 31 heteroatoms. The van der Waals surface area contributed by atoms with Gasteiger partial charge >= 0.3 is 57.1 Å². The van der Waals surface area contributed by atoms with Crippen LogP contribution < -0.4 is 99.9 Å². The largest absolute Gasteiger partial charge is 1.00 e. The molecule has 0 unspecified atom stereocenters. The predicted octanol–water partition coefficient (Wildman–Crippen LogP) is 22.0. The average molecular weight is 2110 g/mol. The molecule has 636 valence electrons. The number of nitro benzene ring substituents is 3. The Balaban J connectivity index is 0.000000297. The number of ketones is 1. The Morgan fingerprint density at radius 2 is 0.637 bits per heavy atom. The SMILES string of the molecule is C1CCOC1.CCO.Nc1ccc(Br)cc1.Nc1ccccc1Nc1ccc(Br)cc1.Nc1ccccc1Nc1ccc(Br)cc1.O=C(Cc1ccccc1Nc1ccc(Br)cc1)c1ccccc1.O=C(Cl)c1ccccc1.O=[N+]([O-])c1ccccc1F.O=[N+]([O-])c1ccccc1Nc1ccc(Br)cc1.O=[N+]([O-])c1ccccc1Nc1ccc(Br)cc1.[F-].[K+]. The van der Waals surface area contributed by atoms with Crippen molar-refractivity contribution in [3.05, 3.63) is 432 Å². The van der Waals surface area contributed by atoms with Gasteiger partial charge in [0.15, 0.2) is 5.78 Å². The molecule has 0 aromatic heterocycles. The van der Waals surface area contributed by atoms with Crippen LogP contribution in [-0.4, -0.2) is 50.7 Å². The molecule has 21 nitrogen and oxygen atoms in total.